The number of unbranched alkanes of at least 4 members (excludes halogenated alkanes) is 3. The largest absolute Gasteiger partial charge is 0.352 e. The smallest absolute Gasteiger partial charge is 0.251 e. The topological polar surface area (TPSA) is 58.2 Å². The van der Waals surface area contributed by atoms with Crippen LogP contribution in [0.5, 0.6) is 0 Å². The number of hydrogen-bond acceptors (Lipinski definition) is 2. The Kier molecular flexibility index (Phi) is 6.63. The Hall–Kier alpha value is -1.84. The van der Waals surface area contributed by atoms with Crippen LogP contribution in [0, 0.1) is 5.92 Å². The molecular weight excluding hydrogens is 288 g/mol. The maximum atomic E-state index is 12.2. The van der Waals surface area contributed by atoms with Gasteiger partial charge >= 0.3 is 0 Å². The lowest BCUT2D eigenvalue weighted by Gasteiger charge is -2.17. The summed E-state index contributed by atoms with van der Waals surface area (Å²) in [6.45, 7) is 5.24. The van der Waals surface area contributed by atoms with Gasteiger partial charge in [-0.2, -0.15) is 0 Å². The lowest BCUT2D eigenvalue weighted by atomic mass is 10.00. The zero-order chi connectivity index (χ0) is 16.7. The fraction of sp³-hybridized carbons (Fsp3) is 0.579. The molecule has 0 radical (unpaired) electrons. The van der Waals surface area contributed by atoms with E-state index in [-0.39, 0.29) is 11.8 Å². The van der Waals surface area contributed by atoms with Crippen molar-refractivity contribution in [3.63, 3.8) is 0 Å². The summed E-state index contributed by atoms with van der Waals surface area (Å²) in [4.78, 5) is 23.5. The van der Waals surface area contributed by atoms with Crippen LogP contribution in [-0.2, 0) is 11.2 Å². The normalized spacial score (nSPS) is 13.6. The Morgan fingerprint density at radius 3 is 2.74 bits per heavy atom. The number of carbonyl (C=O) groups is 2. The molecule has 4 nitrogen and oxygen atoms in total. The molecule has 0 aromatic heterocycles. The summed E-state index contributed by atoms with van der Waals surface area (Å²) >= 11 is 0. The second kappa shape index (κ2) is 8.70. The van der Waals surface area contributed by atoms with Crippen LogP contribution < -0.4 is 10.6 Å². The van der Waals surface area contributed by atoms with Gasteiger partial charge in [-0.25, -0.2) is 0 Å². The van der Waals surface area contributed by atoms with Crippen LogP contribution in [-0.4, -0.2) is 18.4 Å². The minimum Gasteiger partial charge on any atom is -0.352 e. The number of benzene rings is 1. The second-order valence-electron chi connectivity index (χ2n) is 6.77. The molecule has 0 saturated carbocycles. The molecule has 1 aromatic rings. The number of hydrogen-bond donors (Lipinski definition) is 2. The van der Waals surface area contributed by atoms with Crippen LogP contribution in [0.1, 0.15) is 68.3 Å². The molecule has 1 heterocycles. The van der Waals surface area contributed by atoms with Crippen LogP contribution >= 0.6 is 0 Å². The van der Waals surface area contributed by atoms with Crippen molar-refractivity contribution in [2.75, 3.05) is 11.9 Å². The van der Waals surface area contributed by atoms with Crippen LogP contribution in [0.4, 0.5) is 5.69 Å². The number of aryl methyl sites for hydroxylation is 1. The van der Waals surface area contributed by atoms with Gasteiger partial charge in [-0.05, 0) is 42.5 Å². The summed E-state index contributed by atoms with van der Waals surface area (Å²) in [6, 6.07) is 5.50. The summed E-state index contributed by atoms with van der Waals surface area (Å²) in [6.07, 6.45) is 7.22. The van der Waals surface area contributed by atoms with Gasteiger partial charge in [0.15, 0.2) is 0 Å². The summed E-state index contributed by atoms with van der Waals surface area (Å²) < 4.78 is 0. The Morgan fingerprint density at radius 1 is 1.17 bits per heavy atom. The van der Waals surface area contributed by atoms with Gasteiger partial charge in [-0.1, -0.05) is 39.5 Å². The van der Waals surface area contributed by atoms with Crippen molar-refractivity contribution in [2.45, 2.75) is 58.8 Å². The van der Waals surface area contributed by atoms with Gasteiger partial charge in [-0.3, -0.25) is 9.59 Å². The zero-order valence-electron chi connectivity index (χ0n) is 14.3. The molecule has 1 aromatic carbocycles. The van der Waals surface area contributed by atoms with E-state index in [9.17, 15) is 9.59 Å². The van der Waals surface area contributed by atoms with E-state index in [2.05, 4.69) is 24.5 Å². The third-order valence-electron chi connectivity index (χ3n) is 4.26. The van der Waals surface area contributed by atoms with Crippen LogP contribution in [0.3, 0.4) is 0 Å². The minimum absolute atomic E-state index is 0.0214. The maximum Gasteiger partial charge on any atom is 0.251 e. The van der Waals surface area contributed by atoms with Gasteiger partial charge in [0.1, 0.15) is 0 Å². The molecule has 0 spiro atoms. The van der Waals surface area contributed by atoms with E-state index in [4.69, 9.17) is 0 Å². The summed E-state index contributed by atoms with van der Waals surface area (Å²) in [5, 5.41) is 5.82. The van der Waals surface area contributed by atoms with E-state index in [1.807, 2.05) is 12.1 Å². The Labute approximate surface area is 139 Å². The highest BCUT2D eigenvalue weighted by molar-refractivity contribution is 5.97. The number of carbonyl (C=O) groups excluding carboxylic acids is 2. The van der Waals surface area contributed by atoms with Crippen LogP contribution in [0.15, 0.2) is 18.2 Å². The predicted octanol–water partition coefficient (Wildman–Crippen LogP) is 3.91. The molecule has 2 rings (SSSR count). The molecule has 2 N–H and O–H groups in total. The van der Waals surface area contributed by atoms with Crippen molar-refractivity contribution in [3.8, 4) is 0 Å². The molecular formula is C19H28N2O2. The van der Waals surface area contributed by atoms with Gasteiger partial charge in [0.05, 0.1) is 0 Å². The molecule has 126 valence electrons. The Bertz CT molecular complexity index is 552. The van der Waals surface area contributed by atoms with Crippen LogP contribution in [0.2, 0.25) is 0 Å². The average Bonchev–Trinajstić information content (AvgIpc) is 2.53. The summed E-state index contributed by atoms with van der Waals surface area (Å²) in [5.41, 5.74) is 2.56. The first kappa shape index (κ1) is 17.5. The van der Waals surface area contributed by atoms with Crippen molar-refractivity contribution in [2.24, 2.45) is 5.92 Å². The lowest BCUT2D eigenvalue weighted by molar-refractivity contribution is -0.116. The number of amides is 2. The van der Waals surface area contributed by atoms with Crippen molar-refractivity contribution >= 4 is 17.5 Å². The highest BCUT2D eigenvalue weighted by atomic mass is 16.2. The fourth-order valence-electron chi connectivity index (χ4n) is 2.86. The number of nitrogens with one attached hydrogen (secondary N) is 2. The van der Waals surface area contributed by atoms with E-state index < -0.39 is 0 Å². The first-order valence-corrected chi connectivity index (χ1v) is 8.77. The molecule has 1 aliphatic heterocycles. The van der Waals surface area contributed by atoms with Crippen molar-refractivity contribution < 1.29 is 9.59 Å². The highest BCUT2D eigenvalue weighted by Crippen LogP contribution is 2.23. The molecule has 4 heteroatoms. The molecule has 1 aliphatic rings. The third kappa shape index (κ3) is 5.70. The zero-order valence-corrected chi connectivity index (χ0v) is 14.3. The number of fused-ring (bicyclic) bond motifs is 1. The predicted molar refractivity (Wildman–Crippen MR) is 93.6 cm³/mol. The fourth-order valence-corrected chi connectivity index (χ4v) is 2.86. The molecule has 0 fully saturated rings. The van der Waals surface area contributed by atoms with E-state index in [0.717, 1.165) is 30.1 Å². The summed E-state index contributed by atoms with van der Waals surface area (Å²) in [5.74, 6) is 0.808. The van der Waals surface area contributed by atoms with Gasteiger partial charge in [0, 0.05) is 24.2 Å². The number of rotatable bonds is 8. The van der Waals surface area contributed by atoms with E-state index in [0.29, 0.717) is 18.4 Å². The number of anilines is 1. The molecule has 0 saturated heterocycles. The quantitative estimate of drug-likeness (QED) is 0.714. The van der Waals surface area contributed by atoms with E-state index in [1.165, 1.54) is 25.7 Å². The first-order valence-electron chi connectivity index (χ1n) is 8.77. The van der Waals surface area contributed by atoms with E-state index in [1.54, 1.807) is 6.07 Å². The third-order valence-corrected chi connectivity index (χ3v) is 4.26. The van der Waals surface area contributed by atoms with E-state index >= 15 is 0 Å². The Balaban J connectivity index is 1.71. The monoisotopic (exact) mass is 316 g/mol. The Morgan fingerprint density at radius 2 is 1.96 bits per heavy atom. The van der Waals surface area contributed by atoms with Gasteiger partial charge in [-0.15, -0.1) is 0 Å². The highest BCUT2D eigenvalue weighted by Gasteiger charge is 2.16. The van der Waals surface area contributed by atoms with Crippen molar-refractivity contribution in [1.29, 1.82) is 0 Å². The molecule has 0 bridgehead atoms. The minimum atomic E-state index is -0.0214. The van der Waals surface area contributed by atoms with Crippen LogP contribution in [0.25, 0.3) is 0 Å². The van der Waals surface area contributed by atoms with Crippen molar-refractivity contribution in [3.05, 3.63) is 29.3 Å². The van der Waals surface area contributed by atoms with Gasteiger partial charge < -0.3 is 10.6 Å². The standard InChI is InChI=1S/C19H28N2O2/c1-14(2)7-5-3-4-6-12-20-19(23)16-8-10-17-15(13-16)9-11-18(22)21-17/h8,10,13-14H,3-7,9,11-12H2,1-2H3,(H,20,23)(H,21,22). The molecule has 0 atom stereocenters. The lowest BCUT2D eigenvalue weighted by Crippen LogP contribution is -2.25. The molecule has 23 heavy (non-hydrogen) atoms. The molecule has 0 aliphatic carbocycles. The average molecular weight is 316 g/mol. The molecule has 2 amide bonds. The SMILES string of the molecule is CC(C)CCCCCCNC(=O)c1ccc2c(c1)CCC(=O)N2. The molecule has 0 unspecified atom stereocenters. The maximum absolute atomic E-state index is 12.2. The summed E-state index contributed by atoms with van der Waals surface area (Å²) in [7, 11) is 0. The van der Waals surface area contributed by atoms with Crippen molar-refractivity contribution in [1.82, 2.24) is 5.32 Å². The van der Waals surface area contributed by atoms with Gasteiger partial charge in [0.2, 0.25) is 5.91 Å². The first-order chi connectivity index (χ1) is 11.1. The second-order valence-corrected chi connectivity index (χ2v) is 6.77. The van der Waals surface area contributed by atoms with Gasteiger partial charge in [0.25, 0.3) is 5.91 Å².